The topological polar surface area (TPSA) is 55.6 Å². The van der Waals surface area contributed by atoms with Gasteiger partial charge in [-0.3, -0.25) is 4.79 Å². The van der Waals surface area contributed by atoms with Crippen LogP contribution in [0.3, 0.4) is 0 Å². The Bertz CT molecular complexity index is 414. The van der Waals surface area contributed by atoms with Crippen LogP contribution >= 0.6 is 12.4 Å². The number of benzene rings is 1. The number of rotatable bonds is 3. The van der Waals surface area contributed by atoms with Crippen molar-refractivity contribution < 1.29 is 9.53 Å². The second-order valence-electron chi connectivity index (χ2n) is 5.12. The predicted molar refractivity (Wildman–Crippen MR) is 82.0 cm³/mol. The van der Waals surface area contributed by atoms with E-state index in [1.54, 1.807) is 0 Å². The smallest absolute Gasteiger partial charge is 0.239 e. The van der Waals surface area contributed by atoms with E-state index in [-0.39, 0.29) is 24.4 Å². The Morgan fingerprint density at radius 3 is 2.85 bits per heavy atom. The van der Waals surface area contributed by atoms with Crippen LogP contribution in [0.4, 0.5) is 0 Å². The zero-order chi connectivity index (χ0) is 13.7. The summed E-state index contributed by atoms with van der Waals surface area (Å²) in [5.41, 5.74) is 7.14. The average Bonchev–Trinajstić information content (AvgIpc) is 2.63. The summed E-state index contributed by atoms with van der Waals surface area (Å²) in [6.07, 6.45) is 1.56. The Morgan fingerprint density at radius 2 is 2.15 bits per heavy atom. The van der Waals surface area contributed by atoms with Crippen LogP contribution < -0.4 is 5.73 Å². The lowest BCUT2D eigenvalue weighted by molar-refractivity contribution is -0.133. The first-order valence-electron chi connectivity index (χ1n) is 6.86. The minimum Gasteiger partial charge on any atom is -0.377 e. The van der Waals surface area contributed by atoms with Crippen LogP contribution in [0.5, 0.6) is 0 Å². The fourth-order valence-corrected chi connectivity index (χ4v) is 2.38. The molecule has 1 aromatic carbocycles. The van der Waals surface area contributed by atoms with Gasteiger partial charge in [-0.2, -0.15) is 0 Å². The largest absolute Gasteiger partial charge is 0.377 e. The molecule has 0 saturated carbocycles. The van der Waals surface area contributed by atoms with Crippen molar-refractivity contribution in [1.29, 1.82) is 0 Å². The zero-order valence-corrected chi connectivity index (χ0v) is 12.6. The van der Waals surface area contributed by atoms with Gasteiger partial charge in [0.25, 0.3) is 0 Å². The van der Waals surface area contributed by atoms with Crippen molar-refractivity contribution in [3.63, 3.8) is 0 Å². The second kappa shape index (κ2) is 8.25. The van der Waals surface area contributed by atoms with Crippen molar-refractivity contribution in [1.82, 2.24) is 4.90 Å². The maximum absolute atomic E-state index is 12.3. The Morgan fingerprint density at radius 1 is 1.45 bits per heavy atom. The summed E-state index contributed by atoms with van der Waals surface area (Å²) < 4.78 is 5.55. The molecule has 0 aliphatic carbocycles. The molecule has 1 saturated heterocycles. The molecule has 0 spiro atoms. The molecule has 1 fully saturated rings. The van der Waals surface area contributed by atoms with Gasteiger partial charge in [0.1, 0.15) is 0 Å². The van der Waals surface area contributed by atoms with Crippen molar-refractivity contribution in [2.24, 2.45) is 5.73 Å². The molecule has 2 rings (SSSR count). The monoisotopic (exact) mass is 298 g/mol. The van der Waals surface area contributed by atoms with E-state index >= 15 is 0 Å². The lowest BCUT2D eigenvalue weighted by Gasteiger charge is -2.25. The number of ether oxygens (including phenoxy) is 1. The van der Waals surface area contributed by atoms with Crippen LogP contribution in [0.2, 0.25) is 0 Å². The zero-order valence-electron chi connectivity index (χ0n) is 11.8. The standard InChI is InChI=1S/C15H22N2O2.ClH/c1-12-11-17(8-5-9-19-12)15(18)14(16)10-13-6-3-2-4-7-13;/h2-4,6-7,12,14H,5,8-11,16H2,1H3;1H/t12?,14-;/m0./s1. The number of carbonyl (C=O) groups excluding carboxylic acids is 1. The van der Waals surface area contributed by atoms with Gasteiger partial charge in [0.15, 0.2) is 0 Å². The normalized spacial score (nSPS) is 20.7. The van der Waals surface area contributed by atoms with Crippen molar-refractivity contribution in [3.8, 4) is 0 Å². The summed E-state index contributed by atoms with van der Waals surface area (Å²) in [5.74, 6) is 0.0289. The first-order chi connectivity index (χ1) is 9.16. The van der Waals surface area contributed by atoms with Crippen molar-refractivity contribution in [3.05, 3.63) is 35.9 Å². The van der Waals surface area contributed by atoms with Gasteiger partial charge in [-0.25, -0.2) is 0 Å². The molecule has 2 atom stereocenters. The third-order valence-corrected chi connectivity index (χ3v) is 3.38. The van der Waals surface area contributed by atoms with Crippen LogP contribution in [-0.2, 0) is 16.0 Å². The van der Waals surface area contributed by atoms with Gasteiger partial charge in [0, 0.05) is 19.7 Å². The highest BCUT2D eigenvalue weighted by molar-refractivity contribution is 5.85. The fraction of sp³-hybridized carbons (Fsp3) is 0.533. The number of halogens is 1. The molecule has 2 N–H and O–H groups in total. The van der Waals surface area contributed by atoms with Crippen molar-refractivity contribution in [2.75, 3.05) is 19.7 Å². The summed E-state index contributed by atoms with van der Waals surface area (Å²) in [5, 5.41) is 0. The molecule has 0 bridgehead atoms. The van der Waals surface area contributed by atoms with Gasteiger partial charge in [-0.05, 0) is 25.3 Å². The Labute approximate surface area is 126 Å². The van der Waals surface area contributed by atoms with E-state index in [0.29, 0.717) is 13.0 Å². The van der Waals surface area contributed by atoms with Gasteiger partial charge in [-0.15, -0.1) is 12.4 Å². The van der Waals surface area contributed by atoms with Crippen molar-refractivity contribution >= 4 is 18.3 Å². The maximum Gasteiger partial charge on any atom is 0.239 e. The molecule has 1 heterocycles. The summed E-state index contributed by atoms with van der Waals surface area (Å²) in [6.45, 7) is 4.10. The average molecular weight is 299 g/mol. The van der Waals surface area contributed by atoms with Crippen LogP contribution in [0.1, 0.15) is 18.9 Å². The Kier molecular flexibility index (Phi) is 6.99. The van der Waals surface area contributed by atoms with E-state index in [1.165, 1.54) is 0 Å². The molecular weight excluding hydrogens is 276 g/mol. The van der Waals surface area contributed by atoms with E-state index in [1.807, 2.05) is 42.2 Å². The Balaban J connectivity index is 0.00000200. The third-order valence-electron chi connectivity index (χ3n) is 3.38. The first kappa shape index (κ1) is 17.0. The summed E-state index contributed by atoms with van der Waals surface area (Å²) in [7, 11) is 0. The highest BCUT2D eigenvalue weighted by Crippen LogP contribution is 2.09. The molecule has 20 heavy (non-hydrogen) atoms. The van der Waals surface area contributed by atoms with Crippen molar-refractivity contribution in [2.45, 2.75) is 31.9 Å². The molecule has 5 heteroatoms. The molecule has 0 radical (unpaired) electrons. The van der Waals surface area contributed by atoms with Gasteiger partial charge in [-0.1, -0.05) is 30.3 Å². The van der Waals surface area contributed by atoms with E-state index in [4.69, 9.17) is 10.5 Å². The summed E-state index contributed by atoms with van der Waals surface area (Å²) in [6, 6.07) is 9.43. The molecule has 1 amide bonds. The third kappa shape index (κ3) is 4.78. The molecule has 1 unspecified atom stereocenters. The number of hydrogen-bond acceptors (Lipinski definition) is 3. The lowest BCUT2D eigenvalue weighted by Crippen LogP contribution is -2.46. The molecule has 1 aromatic rings. The van der Waals surface area contributed by atoms with E-state index in [2.05, 4.69) is 0 Å². The SMILES string of the molecule is CC1CN(C(=O)[C@@H](N)Cc2ccccc2)CCCO1.Cl. The number of nitrogens with zero attached hydrogens (tertiary/aromatic N) is 1. The number of amides is 1. The molecule has 4 nitrogen and oxygen atoms in total. The predicted octanol–water partition coefficient (Wildman–Crippen LogP) is 1.62. The van der Waals surface area contributed by atoms with Gasteiger partial charge in [0.05, 0.1) is 12.1 Å². The van der Waals surface area contributed by atoms with E-state index < -0.39 is 6.04 Å². The summed E-state index contributed by atoms with van der Waals surface area (Å²) >= 11 is 0. The highest BCUT2D eigenvalue weighted by Gasteiger charge is 2.24. The number of nitrogens with two attached hydrogens (primary N) is 1. The maximum atomic E-state index is 12.3. The quantitative estimate of drug-likeness (QED) is 0.922. The van der Waals surface area contributed by atoms with Gasteiger partial charge in [0.2, 0.25) is 5.91 Å². The van der Waals surface area contributed by atoms with Gasteiger partial charge >= 0.3 is 0 Å². The number of hydrogen-bond donors (Lipinski definition) is 1. The van der Waals surface area contributed by atoms with Crippen LogP contribution in [0.15, 0.2) is 30.3 Å². The molecule has 0 aromatic heterocycles. The van der Waals surface area contributed by atoms with E-state index in [9.17, 15) is 4.79 Å². The molecule has 1 aliphatic rings. The van der Waals surface area contributed by atoms with Crippen LogP contribution in [0, 0.1) is 0 Å². The highest BCUT2D eigenvalue weighted by atomic mass is 35.5. The Hall–Kier alpha value is -1.10. The summed E-state index contributed by atoms with van der Waals surface area (Å²) in [4.78, 5) is 14.2. The van der Waals surface area contributed by atoms with Crippen LogP contribution in [0.25, 0.3) is 0 Å². The lowest BCUT2D eigenvalue weighted by atomic mass is 10.1. The minimum absolute atomic E-state index is 0. The number of carbonyl (C=O) groups is 1. The van der Waals surface area contributed by atoms with E-state index in [0.717, 1.165) is 25.1 Å². The molecule has 1 aliphatic heterocycles. The van der Waals surface area contributed by atoms with Gasteiger partial charge < -0.3 is 15.4 Å². The van der Waals surface area contributed by atoms with Crippen LogP contribution in [-0.4, -0.2) is 42.6 Å². The molecule has 112 valence electrons. The second-order valence-corrected chi connectivity index (χ2v) is 5.12. The minimum atomic E-state index is -0.465. The molecular formula is C15H23ClN2O2. The fourth-order valence-electron chi connectivity index (χ4n) is 2.38. The first-order valence-corrected chi connectivity index (χ1v) is 6.86.